The number of hydrogen-bond donors (Lipinski definition) is 2. The summed E-state index contributed by atoms with van der Waals surface area (Å²) in [5.41, 5.74) is 0. The van der Waals surface area contributed by atoms with Gasteiger partial charge in [0.1, 0.15) is 0 Å². The van der Waals surface area contributed by atoms with E-state index in [9.17, 15) is 13.2 Å². The molecule has 7 heteroatoms. The molecule has 0 saturated heterocycles. The molecule has 104 valence electrons. The molecule has 1 heterocycles. The lowest BCUT2D eigenvalue weighted by Gasteiger charge is -2.16. The van der Waals surface area contributed by atoms with Gasteiger partial charge in [0.2, 0.25) is 10.9 Å². The summed E-state index contributed by atoms with van der Waals surface area (Å²) in [6, 6.07) is 2.31. The predicted octanol–water partition coefficient (Wildman–Crippen LogP) is 1.44. The van der Waals surface area contributed by atoms with Crippen LogP contribution in [0.1, 0.15) is 36.2 Å². The molecule has 0 amide bonds. The van der Waals surface area contributed by atoms with E-state index < -0.39 is 16.0 Å². The first-order valence-corrected chi connectivity index (χ1v) is 7.81. The van der Waals surface area contributed by atoms with Crippen LogP contribution in [0.25, 0.3) is 0 Å². The average Bonchev–Trinajstić information content (AvgIpc) is 3.24. The van der Waals surface area contributed by atoms with Crippen molar-refractivity contribution in [3.05, 3.63) is 17.9 Å². The molecular formula is C12H15NO5S. The zero-order valence-corrected chi connectivity index (χ0v) is 11.0. The Balaban J connectivity index is 1.78. The summed E-state index contributed by atoms with van der Waals surface area (Å²) in [5, 5.41) is 8.41. The van der Waals surface area contributed by atoms with Crippen molar-refractivity contribution in [2.75, 3.05) is 0 Å². The van der Waals surface area contributed by atoms with Gasteiger partial charge in [-0.1, -0.05) is 0 Å². The Kier molecular flexibility index (Phi) is 2.90. The molecule has 0 radical (unpaired) electrons. The molecule has 6 nitrogen and oxygen atoms in total. The zero-order chi connectivity index (χ0) is 13.6. The van der Waals surface area contributed by atoms with Gasteiger partial charge in [0.05, 0.1) is 0 Å². The van der Waals surface area contributed by atoms with Gasteiger partial charge < -0.3 is 9.52 Å². The molecule has 1 aromatic heterocycles. The van der Waals surface area contributed by atoms with Crippen LogP contribution in [0.15, 0.2) is 21.6 Å². The van der Waals surface area contributed by atoms with Gasteiger partial charge in [-0.2, -0.15) is 0 Å². The first-order valence-electron chi connectivity index (χ1n) is 6.33. The van der Waals surface area contributed by atoms with Crippen molar-refractivity contribution in [3.63, 3.8) is 0 Å². The smallest absolute Gasteiger partial charge is 0.371 e. The van der Waals surface area contributed by atoms with Gasteiger partial charge in [-0.25, -0.2) is 17.9 Å². The van der Waals surface area contributed by atoms with E-state index in [4.69, 9.17) is 9.52 Å². The first-order chi connectivity index (χ1) is 8.97. The molecule has 3 rings (SSSR count). The third kappa shape index (κ3) is 2.66. The SMILES string of the molecule is O=C(O)c1ccc(S(=O)(=O)NC(C2CC2)C2CC2)o1. The molecule has 2 aliphatic carbocycles. The maximum Gasteiger partial charge on any atom is 0.371 e. The Labute approximate surface area is 110 Å². The van der Waals surface area contributed by atoms with Gasteiger partial charge in [-0.3, -0.25) is 0 Å². The lowest BCUT2D eigenvalue weighted by atomic mass is 10.1. The summed E-state index contributed by atoms with van der Waals surface area (Å²) in [7, 11) is -3.76. The molecule has 2 aliphatic rings. The van der Waals surface area contributed by atoms with Crippen molar-refractivity contribution < 1.29 is 22.7 Å². The molecule has 0 aliphatic heterocycles. The molecule has 0 spiro atoms. The number of carboxylic acids is 1. The lowest BCUT2D eigenvalue weighted by molar-refractivity contribution is 0.0656. The van der Waals surface area contributed by atoms with Crippen molar-refractivity contribution in [1.29, 1.82) is 0 Å². The molecular weight excluding hydrogens is 270 g/mol. The fourth-order valence-electron chi connectivity index (χ4n) is 2.30. The number of furan rings is 1. The van der Waals surface area contributed by atoms with Crippen LogP contribution in [0.4, 0.5) is 0 Å². The molecule has 1 aromatic rings. The quantitative estimate of drug-likeness (QED) is 0.824. The second-order valence-electron chi connectivity index (χ2n) is 5.25. The highest BCUT2D eigenvalue weighted by Gasteiger charge is 2.44. The van der Waals surface area contributed by atoms with Crippen molar-refractivity contribution >= 4 is 16.0 Å². The highest BCUT2D eigenvalue weighted by molar-refractivity contribution is 7.89. The Bertz CT molecular complexity index is 585. The molecule has 0 unspecified atom stereocenters. The molecule has 0 aromatic carbocycles. The van der Waals surface area contributed by atoms with Crippen LogP contribution in [0.2, 0.25) is 0 Å². The van der Waals surface area contributed by atoms with Crippen LogP contribution < -0.4 is 4.72 Å². The standard InChI is InChI=1S/C12H15NO5S/c14-12(15)9-5-6-10(18-9)19(16,17)13-11(7-1-2-7)8-3-4-8/h5-8,11,13H,1-4H2,(H,14,15). The minimum atomic E-state index is -3.76. The Morgan fingerprint density at radius 1 is 1.26 bits per heavy atom. The maximum absolute atomic E-state index is 12.1. The Hall–Kier alpha value is -1.34. The average molecular weight is 285 g/mol. The fraction of sp³-hybridized carbons (Fsp3) is 0.583. The maximum atomic E-state index is 12.1. The van der Waals surface area contributed by atoms with E-state index in [-0.39, 0.29) is 16.9 Å². The Morgan fingerprint density at radius 3 is 2.26 bits per heavy atom. The number of carbonyl (C=O) groups is 1. The topological polar surface area (TPSA) is 96.6 Å². The van der Waals surface area contributed by atoms with Crippen molar-refractivity contribution in [2.24, 2.45) is 11.8 Å². The monoisotopic (exact) mass is 285 g/mol. The summed E-state index contributed by atoms with van der Waals surface area (Å²) < 4.78 is 31.8. The van der Waals surface area contributed by atoms with E-state index in [0.29, 0.717) is 11.8 Å². The second-order valence-corrected chi connectivity index (χ2v) is 6.89. The minimum Gasteiger partial charge on any atom is -0.475 e. The van der Waals surface area contributed by atoms with Crippen LogP contribution in [0.5, 0.6) is 0 Å². The van der Waals surface area contributed by atoms with E-state index in [1.807, 2.05) is 0 Å². The molecule has 0 bridgehead atoms. The van der Waals surface area contributed by atoms with Crippen molar-refractivity contribution in [3.8, 4) is 0 Å². The predicted molar refractivity (Wildman–Crippen MR) is 65.2 cm³/mol. The first kappa shape index (κ1) is 12.7. The van der Waals surface area contributed by atoms with E-state index in [1.54, 1.807) is 0 Å². The van der Waals surface area contributed by atoms with Crippen LogP contribution in [0, 0.1) is 11.8 Å². The van der Waals surface area contributed by atoms with E-state index in [1.165, 1.54) is 6.07 Å². The number of nitrogens with one attached hydrogen (secondary N) is 1. The second kappa shape index (κ2) is 4.35. The van der Waals surface area contributed by atoms with Crippen LogP contribution in [-0.4, -0.2) is 25.5 Å². The number of rotatable bonds is 6. The number of aromatic carboxylic acids is 1. The van der Waals surface area contributed by atoms with Crippen LogP contribution in [-0.2, 0) is 10.0 Å². The van der Waals surface area contributed by atoms with E-state index >= 15 is 0 Å². The summed E-state index contributed by atoms with van der Waals surface area (Å²) >= 11 is 0. The Morgan fingerprint density at radius 2 is 1.84 bits per heavy atom. The van der Waals surface area contributed by atoms with Gasteiger partial charge in [-0.15, -0.1) is 0 Å². The summed E-state index contributed by atoms with van der Waals surface area (Å²) in [5.74, 6) is -0.787. The lowest BCUT2D eigenvalue weighted by Crippen LogP contribution is -2.37. The highest BCUT2D eigenvalue weighted by atomic mass is 32.2. The van der Waals surface area contributed by atoms with Gasteiger partial charge in [-0.05, 0) is 49.7 Å². The molecule has 19 heavy (non-hydrogen) atoms. The van der Waals surface area contributed by atoms with E-state index in [2.05, 4.69) is 4.72 Å². The normalized spacial score (nSPS) is 19.8. The van der Waals surface area contributed by atoms with Gasteiger partial charge in [0.25, 0.3) is 10.0 Å². The highest BCUT2D eigenvalue weighted by Crippen LogP contribution is 2.45. The number of sulfonamides is 1. The fourth-order valence-corrected chi connectivity index (χ4v) is 3.61. The summed E-state index contributed by atoms with van der Waals surface area (Å²) in [4.78, 5) is 10.7. The zero-order valence-electron chi connectivity index (χ0n) is 10.2. The largest absolute Gasteiger partial charge is 0.475 e. The van der Waals surface area contributed by atoms with Gasteiger partial charge in [0.15, 0.2) is 0 Å². The van der Waals surface area contributed by atoms with Crippen LogP contribution in [0.3, 0.4) is 0 Å². The van der Waals surface area contributed by atoms with Gasteiger partial charge >= 0.3 is 5.97 Å². The molecule has 2 N–H and O–H groups in total. The van der Waals surface area contributed by atoms with Crippen molar-refractivity contribution in [1.82, 2.24) is 4.72 Å². The molecule has 2 fully saturated rings. The summed E-state index contributed by atoms with van der Waals surface area (Å²) in [6.07, 6.45) is 4.23. The molecule has 0 atom stereocenters. The third-order valence-electron chi connectivity index (χ3n) is 3.61. The van der Waals surface area contributed by atoms with Gasteiger partial charge in [0, 0.05) is 6.04 Å². The van der Waals surface area contributed by atoms with Crippen molar-refractivity contribution in [2.45, 2.75) is 36.8 Å². The van der Waals surface area contributed by atoms with Crippen LogP contribution >= 0.6 is 0 Å². The third-order valence-corrected chi connectivity index (χ3v) is 4.94. The van der Waals surface area contributed by atoms with E-state index in [0.717, 1.165) is 31.7 Å². The number of carboxylic acid groups (broad SMARTS) is 1. The summed E-state index contributed by atoms with van der Waals surface area (Å²) in [6.45, 7) is 0. The molecule has 2 saturated carbocycles. The minimum absolute atomic E-state index is 0.0246. The number of hydrogen-bond acceptors (Lipinski definition) is 4.